The molecule has 6 heteroatoms. The summed E-state index contributed by atoms with van der Waals surface area (Å²) < 4.78 is 37.5. The molecule has 0 radical (unpaired) electrons. The number of halogens is 4. The molecule has 0 amide bonds. The summed E-state index contributed by atoms with van der Waals surface area (Å²) in [6, 6.07) is 3.90. The van der Waals surface area contributed by atoms with Crippen molar-refractivity contribution in [3.63, 3.8) is 0 Å². The third kappa shape index (κ3) is 2.41. The summed E-state index contributed by atoms with van der Waals surface area (Å²) in [6.07, 6.45) is -3.69. The molecule has 1 aliphatic carbocycles. The van der Waals surface area contributed by atoms with Crippen LogP contribution in [0.15, 0.2) is 18.2 Å². The number of pyridine rings is 1. The van der Waals surface area contributed by atoms with E-state index in [1.165, 1.54) is 12.1 Å². The molecule has 1 aromatic heterocycles. The van der Waals surface area contributed by atoms with Gasteiger partial charge in [0.15, 0.2) is 0 Å². The summed E-state index contributed by atoms with van der Waals surface area (Å²) in [5.74, 6) is 0.242. The van der Waals surface area contributed by atoms with E-state index in [0.717, 1.165) is 12.5 Å². The summed E-state index contributed by atoms with van der Waals surface area (Å²) in [5, 5.41) is 3.06. The Morgan fingerprint density at radius 3 is 2.56 bits per heavy atom. The van der Waals surface area contributed by atoms with Crippen molar-refractivity contribution in [3.05, 3.63) is 23.9 Å². The number of aromatic nitrogens is 1. The SMILES string of the molecule is CC1(C)C(Cl)CC1Nc1cccc(C(F)(F)F)n1. The molecule has 2 atom stereocenters. The lowest BCUT2D eigenvalue weighted by molar-refractivity contribution is -0.141. The number of alkyl halides is 4. The summed E-state index contributed by atoms with van der Waals surface area (Å²) in [4.78, 5) is 3.58. The molecule has 0 aromatic carbocycles. The maximum Gasteiger partial charge on any atom is 0.433 e. The summed E-state index contributed by atoms with van der Waals surface area (Å²) in [5.41, 5.74) is -1.02. The van der Waals surface area contributed by atoms with Gasteiger partial charge in [-0.2, -0.15) is 13.2 Å². The van der Waals surface area contributed by atoms with Crippen molar-refractivity contribution >= 4 is 17.4 Å². The fourth-order valence-electron chi connectivity index (χ4n) is 1.97. The van der Waals surface area contributed by atoms with Crippen LogP contribution in [0.25, 0.3) is 0 Å². The Morgan fingerprint density at radius 2 is 2.06 bits per heavy atom. The Bertz CT molecular complexity index is 445. The first-order valence-electron chi connectivity index (χ1n) is 5.66. The highest BCUT2D eigenvalue weighted by Crippen LogP contribution is 2.45. The average Bonchev–Trinajstić information content (AvgIpc) is 2.28. The second-order valence-corrected chi connectivity index (χ2v) is 5.65. The lowest BCUT2D eigenvalue weighted by Crippen LogP contribution is -2.54. The average molecular weight is 279 g/mol. The predicted octanol–water partition coefficient (Wildman–Crippen LogP) is 3.92. The molecular weight excluding hydrogens is 265 g/mol. The number of hydrogen-bond donors (Lipinski definition) is 1. The van der Waals surface area contributed by atoms with Crippen LogP contribution in [0, 0.1) is 5.41 Å². The van der Waals surface area contributed by atoms with Crippen LogP contribution in [-0.4, -0.2) is 16.4 Å². The number of nitrogens with zero attached hydrogens (tertiary/aromatic N) is 1. The molecule has 1 saturated carbocycles. The van der Waals surface area contributed by atoms with E-state index in [0.29, 0.717) is 0 Å². The quantitative estimate of drug-likeness (QED) is 0.830. The Kier molecular flexibility index (Phi) is 3.21. The Morgan fingerprint density at radius 1 is 1.39 bits per heavy atom. The van der Waals surface area contributed by atoms with Gasteiger partial charge in [-0.15, -0.1) is 11.6 Å². The molecule has 18 heavy (non-hydrogen) atoms. The number of hydrogen-bond acceptors (Lipinski definition) is 2. The van der Waals surface area contributed by atoms with Crippen LogP contribution in [0.3, 0.4) is 0 Å². The lowest BCUT2D eigenvalue weighted by atomic mass is 9.67. The fraction of sp³-hybridized carbons (Fsp3) is 0.583. The highest BCUT2D eigenvalue weighted by Gasteiger charge is 2.47. The largest absolute Gasteiger partial charge is 0.433 e. The highest BCUT2D eigenvalue weighted by atomic mass is 35.5. The first-order chi connectivity index (χ1) is 8.21. The van der Waals surface area contributed by atoms with Crippen molar-refractivity contribution in [2.75, 3.05) is 5.32 Å². The van der Waals surface area contributed by atoms with Crippen LogP contribution in [0.4, 0.5) is 19.0 Å². The summed E-state index contributed by atoms with van der Waals surface area (Å²) in [6.45, 7) is 3.97. The smallest absolute Gasteiger partial charge is 0.367 e. The fourth-order valence-corrected chi connectivity index (χ4v) is 2.30. The van der Waals surface area contributed by atoms with E-state index < -0.39 is 11.9 Å². The third-order valence-corrected chi connectivity index (χ3v) is 4.25. The molecule has 0 spiro atoms. The molecule has 1 fully saturated rings. The van der Waals surface area contributed by atoms with Crippen LogP contribution < -0.4 is 5.32 Å². The van der Waals surface area contributed by atoms with Crippen LogP contribution in [0.1, 0.15) is 26.0 Å². The van der Waals surface area contributed by atoms with Gasteiger partial charge in [0.05, 0.1) is 0 Å². The van der Waals surface area contributed by atoms with Crippen LogP contribution in [0.2, 0.25) is 0 Å². The van der Waals surface area contributed by atoms with Gasteiger partial charge in [-0.3, -0.25) is 0 Å². The van der Waals surface area contributed by atoms with Gasteiger partial charge in [-0.25, -0.2) is 4.98 Å². The minimum atomic E-state index is -4.41. The van der Waals surface area contributed by atoms with Gasteiger partial charge in [0.1, 0.15) is 11.5 Å². The monoisotopic (exact) mass is 278 g/mol. The topological polar surface area (TPSA) is 24.9 Å². The molecule has 2 unspecified atom stereocenters. The van der Waals surface area contributed by atoms with E-state index in [1.807, 2.05) is 13.8 Å². The van der Waals surface area contributed by atoms with Crippen LogP contribution in [0.5, 0.6) is 0 Å². The van der Waals surface area contributed by atoms with Crippen LogP contribution in [-0.2, 0) is 6.18 Å². The Hall–Kier alpha value is -0.970. The minimum Gasteiger partial charge on any atom is -0.367 e. The molecule has 0 aliphatic heterocycles. The van der Waals surface area contributed by atoms with E-state index in [1.54, 1.807) is 0 Å². The zero-order chi connectivity index (χ0) is 13.6. The normalized spacial score (nSPS) is 26.6. The molecule has 0 saturated heterocycles. The minimum absolute atomic E-state index is 0.0424. The first kappa shape index (κ1) is 13.5. The third-order valence-electron chi connectivity index (χ3n) is 3.51. The lowest BCUT2D eigenvalue weighted by Gasteiger charge is -2.49. The van der Waals surface area contributed by atoms with Crippen molar-refractivity contribution in [1.82, 2.24) is 4.98 Å². The van der Waals surface area contributed by atoms with Gasteiger partial charge in [0, 0.05) is 16.8 Å². The van der Waals surface area contributed by atoms with E-state index in [-0.39, 0.29) is 22.7 Å². The van der Waals surface area contributed by atoms with Crippen molar-refractivity contribution in [1.29, 1.82) is 0 Å². The molecule has 2 nitrogen and oxygen atoms in total. The van der Waals surface area contributed by atoms with Gasteiger partial charge >= 0.3 is 6.18 Å². The van der Waals surface area contributed by atoms with Gasteiger partial charge < -0.3 is 5.32 Å². The zero-order valence-corrected chi connectivity index (χ0v) is 10.8. The molecule has 1 aliphatic rings. The number of rotatable bonds is 2. The second kappa shape index (κ2) is 4.30. The van der Waals surface area contributed by atoms with Crippen molar-refractivity contribution in [3.8, 4) is 0 Å². The maximum atomic E-state index is 12.5. The molecule has 1 aromatic rings. The van der Waals surface area contributed by atoms with Gasteiger partial charge in [0.25, 0.3) is 0 Å². The second-order valence-electron chi connectivity index (χ2n) is 5.13. The summed E-state index contributed by atoms with van der Waals surface area (Å²) in [7, 11) is 0. The van der Waals surface area contributed by atoms with Crippen molar-refractivity contribution in [2.24, 2.45) is 5.41 Å². The highest BCUT2D eigenvalue weighted by molar-refractivity contribution is 6.21. The molecule has 1 heterocycles. The van der Waals surface area contributed by atoms with Crippen molar-refractivity contribution in [2.45, 2.75) is 37.9 Å². The molecule has 100 valence electrons. The van der Waals surface area contributed by atoms with E-state index >= 15 is 0 Å². The maximum absolute atomic E-state index is 12.5. The number of anilines is 1. The van der Waals surface area contributed by atoms with Gasteiger partial charge in [-0.1, -0.05) is 19.9 Å². The zero-order valence-electron chi connectivity index (χ0n) is 10.1. The first-order valence-corrected chi connectivity index (χ1v) is 6.10. The molecular formula is C12H14ClF3N2. The molecule has 2 rings (SSSR count). The number of nitrogens with one attached hydrogen (secondary N) is 1. The predicted molar refractivity (Wildman–Crippen MR) is 64.7 cm³/mol. The van der Waals surface area contributed by atoms with E-state index in [4.69, 9.17) is 11.6 Å². The Labute approximate surface area is 109 Å². The van der Waals surface area contributed by atoms with Gasteiger partial charge in [0.2, 0.25) is 0 Å². The van der Waals surface area contributed by atoms with E-state index in [2.05, 4.69) is 10.3 Å². The van der Waals surface area contributed by atoms with Gasteiger partial charge in [-0.05, 0) is 18.6 Å². The van der Waals surface area contributed by atoms with Crippen molar-refractivity contribution < 1.29 is 13.2 Å². The van der Waals surface area contributed by atoms with E-state index in [9.17, 15) is 13.2 Å². The molecule has 0 bridgehead atoms. The summed E-state index contributed by atoms with van der Waals surface area (Å²) >= 11 is 6.07. The van der Waals surface area contributed by atoms with Crippen LogP contribution >= 0.6 is 11.6 Å². The molecule has 1 N–H and O–H groups in total. The Balaban J connectivity index is 2.12. The standard InChI is InChI=1S/C12H14ClF3N2/c1-11(2)7(13)6-9(11)18-10-5-3-4-8(17-10)12(14,15)16/h3-5,7,9H,6H2,1-2H3,(H,17,18).